The normalized spacial score (nSPS) is 17.2. The molecule has 3 rings (SSSR count). The van der Waals surface area contributed by atoms with Gasteiger partial charge in [-0.05, 0) is 60.8 Å². The number of nitrogens with one attached hydrogen (secondary N) is 1. The lowest BCUT2D eigenvalue weighted by molar-refractivity contribution is -0.121. The Morgan fingerprint density at radius 3 is 2.92 bits per heavy atom. The highest BCUT2D eigenvalue weighted by atomic mass is 35.5. The van der Waals surface area contributed by atoms with Crippen LogP contribution in [0.4, 0.5) is 4.39 Å². The standard InChI is InChI=1S/C20H22ClFN2O/c1-24-13-15-6-7-17(21)10-16(15)11-19(24)12-23-20(25)8-5-14-3-2-4-18(22)9-14/h2-4,6-7,9-10,19H,5,8,11-13H2,1H3,(H,23,25)/t19-/m0/s1. The maximum absolute atomic E-state index is 13.2. The first-order chi connectivity index (χ1) is 12.0. The zero-order valence-electron chi connectivity index (χ0n) is 14.3. The third-order valence-corrected chi connectivity index (χ3v) is 4.97. The van der Waals surface area contributed by atoms with E-state index >= 15 is 0 Å². The van der Waals surface area contributed by atoms with E-state index in [2.05, 4.69) is 23.3 Å². The highest BCUT2D eigenvalue weighted by Crippen LogP contribution is 2.24. The summed E-state index contributed by atoms with van der Waals surface area (Å²) < 4.78 is 13.2. The van der Waals surface area contributed by atoms with Crippen molar-refractivity contribution in [3.05, 3.63) is 70.0 Å². The SMILES string of the molecule is CN1Cc2ccc(Cl)cc2C[C@H]1CNC(=O)CCc1cccc(F)c1. The summed E-state index contributed by atoms with van der Waals surface area (Å²) >= 11 is 6.09. The molecule has 0 fully saturated rings. The molecule has 2 aromatic rings. The van der Waals surface area contributed by atoms with Crippen LogP contribution in [0.25, 0.3) is 0 Å². The van der Waals surface area contributed by atoms with Crippen LogP contribution in [-0.4, -0.2) is 30.4 Å². The summed E-state index contributed by atoms with van der Waals surface area (Å²) in [6.45, 7) is 1.46. The molecule has 1 N–H and O–H groups in total. The van der Waals surface area contributed by atoms with E-state index in [0.29, 0.717) is 19.4 Å². The molecular weight excluding hydrogens is 339 g/mol. The molecule has 0 unspecified atom stereocenters. The summed E-state index contributed by atoms with van der Waals surface area (Å²) in [5, 5.41) is 3.76. The zero-order valence-corrected chi connectivity index (χ0v) is 15.0. The van der Waals surface area contributed by atoms with Crippen LogP contribution in [0.15, 0.2) is 42.5 Å². The van der Waals surface area contributed by atoms with Gasteiger partial charge in [0, 0.05) is 30.6 Å². The van der Waals surface area contributed by atoms with Gasteiger partial charge in [-0.3, -0.25) is 9.69 Å². The van der Waals surface area contributed by atoms with Crippen molar-refractivity contribution in [2.75, 3.05) is 13.6 Å². The molecule has 0 bridgehead atoms. The van der Waals surface area contributed by atoms with Crippen LogP contribution < -0.4 is 5.32 Å². The van der Waals surface area contributed by atoms with E-state index < -0.39 is 0 Å². The Bertz CT molecular complexity index is 765. The van der Waals surface area contributed by atoms with Crippen LogP contribution in [0, 0.1) is 5.82 Å². The molecule has 3 nitrogen and oxygen atoms in total. The lowest BCUT2D eigenvalue weighted by atomic mass is 9.94. The molecule has 1 heterocycles. The number of amides is 1. The minimum absolute atomic E-state index is 0.00504. The van der Waals surface area contributed by atoms with Crippen molar-refractivity contribution in [1.29, 1.82) is 0 Å². The number of aryl methyl sites for hydroxylation is 1. The minimum atomic E-state index is -0.265. The van der Waals surface area contributed by atoms with Gasteiger partial charge in [0.05, 0.1) is 0 Å². The minimum Gasteiger partial charge on any atom is -0.355 e. The van der Waals surface area contributed by atoms with Crippen molar-refractivity contribution in [2.45, 2.75) is 31.8 Å². The second-order valence-corrected chi connectivity index (χ2v) is 7.06. The van der Waals surface area contributed by atoms with Crippen molar-refractivity contribution in [3.8, 4) is 0 Å². The first-order valence-electron chi connectivity index (χ1n) is 8.50. The fourth-order valence-corrected chi connectivity index (χ4v) is 3.44. The number of hydrogen-bond acceptors (Lipinski definition) is 2. The Kier molecular flexibility index (Phi) is 5.71. The molecule has 5 heteroatoms. The van der Waals surface area contributed by atoms with Crippen LogP contribution in [0.2, 0.25) is 5.02 Å². The van der Waals surface area contributed by atoms with Gasteiger partial charge in [-0.25, -0.2) is 4.39 Å². The van der Waals surface area contributed by atoms with E-state index in [9.17, 15) is 9.18 Å². The first kappa shape index (κ1) is 17.9. The van der Waals surface area contributed by atoms with Gasteiger partial charge in [0.2, 0.25) is 5.91 Å². The quantitative estimate of drug-likeness (QED) is 0.883. The summed E-state index contributed by atoms with van der Waals surface area (Å²) in [6, 6.07) is 12.7. The largest absolute Gasteiger partial charge is 0.355 e. The Balaban J connectivity index is 1.50. The molecule has 0 saturated carbocycles. The smallest absolute Gasteiger partial charge is 0.220 e. The molecule has 0 saturated heterocycles. The molecule has 0 radical (unpaired) electrons. The maximum atomic E-state index is 13.2. The Morgan fingerprint density at radius 1 is 1.28 bits per heavy atom. The predicted octanol–water partition coefficient (Wildman–Crippen LogP) is 3.58. The van der Waals surface area contributed by atoms with Crippen molar-refractivity contribution in [2.24, 2.45) is 0 Å². The van der Waals surface area contributed by atoms with E-state index in [1.807, 2.05) is 18.2 Å². The van der Waals surface area contributed by atoms with Gasteiger partial charge in [-0.2, -0.15) is 0 Å². The number of rotatable bonds is 5. The molecule has 25 heavy (non-hydrogen) atoms. The number of carbonyl (C=O) groups excluding carboxylic acids is 1. The van der Waals surface area contributed by atoms with Crippen molar-refractivity contribution in [1.82, 2.24) is 10.2 Å². The first-order valence-corrected chi connectivity index (χ1v) is 8.88. The molecular formula is C20H22ClFN2O. The molecule has 0 aromatic heterocycles. The number of halogens is 2. The van der Waals surface area contributed by atoms with Crippen LogP contribution in [0.3, 0.4) is 0 Å². The van der Waals surface area contributed by atoms with E-state index in [0.717, 1.165) is 23.6 Å². The van der Waals surface area contributed by atoms with E-state index in [1.165, 1.54) is 23.3 Å². The molecule has 2 aromatic carbocycles. The molecule has 0 aliphatic carbocycles. The number of likely N-dealkylation sites (N-methyl/N-ethyl adjacent to an activating group) is 1. The van der Waals surface area contributed by atoms with Gasteiger partial charge in [0.1, 0.15) is 5.82 Å². The Morgan fingerprint density at radius 2 is 2.12 bits per heavy atom. The highest BCUT2D eigenvalue weighted by molar-refractivity contribution is 6.30. The molecule has 1 aliphatic heterocycles. The third kappa shape index (κ3) is 4.80. The van der Waals surface area contributed by atoms with Crippen LogP contribution in [-0.2, 0) is 24.2 Å². The summed E-state index contributed by atoms with van der Waals surface area (Å²) in [5.74, 6) is -0.270. The zero-order chi connectivity index (χ0) is 17.8. The Labute approximate surface area is 152 Å². The van der Waals surface area contributed by atoms with Gasteiger partial charge in [-0.1, -0.05) is 29.8 Å². The maximum Gasteiger partial charge on any atom is 0.220 e. The second-order valence-electron chi connectivity index (χ2n) is 6.62. The van der Waals surface area contributed by atoms with Gasteiger partial charge in [0.25, 0.3) is 0 Å². The van der Waals surface area contributed by atoms with Gasteiger partial charge in [0.15, 0.2) is 0 Å². The lowest BCUT2D eigenvalue weighted by Crippen LogP contribution is -2.45. The fraction of sp³-hybridized carbons (Fsp3) is 0.350. The molecule has 1 amide bonds. The summed E-state index contributed by atoms with van der Waals surface area (Å²) in [7, 11) is 2.07. The van der Waals surface area contributed by atoms with Gasteiger partial charge in [-0.15, -0.1) is 0 Å². The van der Waals surface area contributed by atoms with Crippen LogP contribution in [0.5, 0.6) is 0 Å². The summed E-state index contributed by atoms with van der Waals surface area (Å²) in [5.41, 5.74) is 3.39. The van der Waals surface area contributed by atoms with Crippen LogP contribution in [0.1, 0.15) is 23.1 Å². The number of carbonyl (C=O) groups is 1. The topological polar surface area (TPSA) is 32.3 Å². The van der Waals surface area contributed by atoms with E-state index in [-0.39, 0.29) is 17.8 Å². The highest BCUT2D eigenvalue weighted by Gasteiger charge is 2.23. The average molecular weight is 361 g/mol. The number of benzene rings is 2. The van der Waals surface area contributed by atoms with E-state index in [1.54, 1.807) is 6.07 Å². The number of hydrogen-bond donors (Lipinski definition) is 1. The fourth-order valence-electron chi connectivity index (χ4n) is 3.24. The monoisotopic (exact) mass is 360 g/mol. The second kappa shape index (κ2) is 7.98. The van der Waals surface area contributed by atoms with Crippen molar-refractivity contribution >= 4 is 17.5 Å². The predicted molar refractivity (Wildman–Crippen MR) is 98.1 cm³/mol. The third-order valence-electron chi connectivity index (χ3n) is 4.73. The number of fused-ring (bicyclic) bond motifs is 1. The average Bonchev–Trinajstić information content (AvgIpc) is 2.58. The van der Waals surface area contributed by atoms with Gasteiger partial charge < -0.3 is 5.32 Å². The summed E-state index contributed by atoms with van der Waals surface area (Å²) in [6.07, 6.45) is 1.78. The molecule has 0 spiro atoms. The lowest BCUT2D eigenvalue weighted by Gasteiger charge is -2.34. The summed E-state index contributed by atoms with van der Waals surface area (Å²) in [4.78, 5) is 14.4. The van der Waals surface area contributed by atoms with Crippen LogP contribution >= 0.6 is 11.6 Å². The Hall–Kier alpha value is -1.91. The van der Waals surface area contributed by atoms with Crippen molar-refractivity contribution < 1.29 is 9.18 Å². The van der Waals surface area contributed by atoms with E-state index in [4.69, 9.17) is 11.6 Å². The van der Waals surface area contributed by atoms with Gasteiger partial charge >= 0.3 is 0 Å². The molecule has 1 aliphatic rings. The molecule has 1 atom stereocenters. The molecule has 132 valence electrons. The van der Waals surface area contributed by atoms with Crippen molar-refractivity contribution in [3.63, 3.8) is 0 Å². The number of nitrogens with zero attached hydrogens (tertiary/aromatic N) is 1.